The molecule has 3 fully saturated rings. The van der Waals surface area contributed by atoms with Gasteiger partial charge in [0.05, 0.1) is 28.7 Å². The van der Waals surface area contributed by atoms with Gasteiger partial charge < -0.3 is 25.4 Å². The molecule has 0 unspecified atom stereocenters. The molecule has 4 heterocycles. The van der Waals surface area contributed by atoms with Crippen molar-refractivity contribution in [2.24, 2.45) is 0 Å². The Hall–Kier alpha value is -3.86. The highest BCUT2D eigenvalue weighted by Gasteiger charge is 2.35. The molecule has 1 saturated carbocycles. The van der Waals surface area contributed by atoms with Crippen molar-refractivity contribution in [2.45, 2.75) is 43.9 Å². The van der Waals surface area contributed by atoms with E-state index in [1.807, 2.05) is 0 Å². The molecular weight excluding hydrogens is 524 g/mol. The van der Waals surface area contributed by atoms with Crippen LogP contribution in [-0.4, -0.2) is 87.2 Å². The molecule has 0 radical (unpaired) electrons. The molecule has 3 aromatic rings. The topological polar surface area (TPSA) is 156 Å². The van der Waals surface area contributed by atoms with Crippen molar-refractivity contribution < 1.29 is 14.6 Å². The van der Waals surface area contributed by atoms with Gasteiger partial charge in [-0.3, -0.25) is 10.2 Å². The predicted octanol–water partition coefficient (Wildman–Crippen LogP) is 3.36. The van der Waals surface area contributed by atoms with E-state index in [1.165, 1.54) is 10.7 Å². The van der Waals surface area contributed by atoms with Crippen LogP contribution >= 0.6 is 11.6 Å². The van der Waals surface area contributed by atoms with Crippen molar-refractivity contribution in [2.75, 3.05) is 54.1 Å². The molecule has 1 aromatic carbocycles. The molecule has 0 spiro atoms. The molecule has 204 valence electrons. The number of methoxy groups -OCH3 is 1. The molecule has 6 rings (SSSR count). The second kappa shape index (κ2) is 10.4. The normalized spacial score (nSPS) is 18.5. The standard InChI is InChI=1S/C25H29ClN10O3/c1-39-18-4-6-34(7-5-18)17-12-35(13-17)20-9-15(30-25(37)38)8-19(21(20)26)31-24-32-22(29-14-2-3-14)23-28-11-16(10-27)36(23)33-24/h8-9,11,14,17-18,30H,2-7,12-13H2,1H3,(H,37,38)(H2,29,31,32,33). The SMILES string of the molecule is COC1CCN(C2CN(c3cc(NC(=O)O)cc(Nc4nc(NC5CC5)c5ncc(C#N)n5n4)c3Cl)C2)CC1. The number of fused-ring (bicyclic) bond motifs is 1. The maximum atomic E-state index is 11.5. The van der Waals surface area contributed by atoms with Crippen LogP contribution in [0.4, 0.5) is 33.6 Å². The number of amides is 1. The van der Waals surface area contributed by atoms with Crippen molar-refractivity contribution in [3.8, 4) is 6.07 Å². The van der Waals surface area contributed by atoms with Crippen LogP contribution < -0.4 is 20.9 Å². The third kappa shape index (κ3) is 5.23. The Balaban J connectivity index is 1.27. The maximum absolute atomic E-state index is 11.5. The lowest BCUT2D eigenvalue weighted by molar-refractivity contribution is 0.0226. The van der Waals surface area contributed by atoms with Crippen LogP contribution in [-0.2, 0) is 4.74 Å². The first-order valence-electron chi connectivity index (χ1n) is 13.0. The monoisotopic (exact) mass is 552 g/mol. The van der Waals surface area contributed by atoms with Crippen LogP contribution in [0.2, 0.25) is 5.02 Å². The van der Waals surface area contributed by atoms with Gasteiger partial charge in [-0.15, -0.1) is 5.10 Å². The number of nitriles is 1. The number of nitrogens with zero attached hydrogens (tertiary/aromatic N) is 7. The molecule has 3 aliphatic rings. The summed E-state index contributed by atoms with van der Waals surface area (Å²) in [6.07, 6.45) is 4.70. The van der Waals surface area contributed by atoms with Gasteiger partial charge in [0.25, 0.3) is 0 Å². The highest BCUT2D eigenvalue weighted by atomic mass is 35.5. The van der Waals surface area contributed by atoms with Crippen LogP contribution in [0.1, 0.15) is 31.4 Å². The molecule has 2 aliphatic heterocycles. The van der Waals surface area contributed by atoms with Crippen LogP contribution in [0.25, 0.3) is 5.65 Å². The molecule has 0 bridgehead atoms. The molecule has 2 aromatic heterocycles. The Morgan fingerprint density at radius 3 is 2.67 bits per heavy atom. The number of hydrogen-bond donors (Lipinski definition) is 4. The fourth-order valence-electron chi connectivity index (χ4n) is 5.13. The third-order valence-corrected chi connectivity index (χ3v) is 7.87. The van der Waals surface area contributed by atoms with E-state index in [9.17, 15) is 15.2 Å². The van der Waals surface area contributed by atoms with Gasteiger partial charge in [-0.05, 0) is 37.8 Å². The van der Waals surface area contributed by atoms with E-state index in [2.05, 4.69) is 46.9 Å². The second-order valence-electron chi connectivity index (χ2n) is 10.1. The predicted molar refractivity (Wildman–Crippen MR) is 146 cm³/mol. The number of rotatable bonds is 8. The van der Waals surface area contributed by atoms with E-state index in [0.29, 0.717) is 51.7 Å². The number of carbonyl (C=O) groups is 1. The zero-order chi connectivity index (χ0) is 27.1. The first kappa shape index (κ1) is 25.4. The van der Waals surface area contributed by atoms with Gasteiger partial charge >= 0.3 is 6.09 Å². The highest BCUT2D eigenvalue weighted by molar-refractivity contribution is 6.36. The zero-order valence-corrected chi connectivity index (χ0v) is 22.1. The number of piperidine rings is 1. The van der Waals surface area contributed by atoms with E-state index in [1.54, 1.807) is 19.2 Å². The molecule has 4 N–H and O–H groups in total. The molecule has 2 saturated heterocycles. The Labute approximate surface area is 229 Å². The van der Waals surface area contributed by atoms with Crippen LogP contribution in [0.5, 0.6) is 0 Å². The lowest BCUT2D eigenvalue weighted by Gasteiger charge is -2.48. The fourth-order valence-corrected chi connectivity index (χ4v) is 5.41. The second-order valence-corrected chi connectivity index (χ2v) is 10.5. The van der Waals surface area contributed by atoms with Crippen molar-refractivity contribution in [1.29, 1.82) is 5.26 Å². The van der Waals surface area contributed by atoms with Gasteiger partial charge in [0, 0.05) is 51.1 Å². The number of aromatic nitrogens is 4. The van der Waals surface area contributed by atoms with E-state index >= 15 is 0 Å². The van der Waals surface area contributed by atoms with Gasteiger partial charge in [0.1, 0.15) is 6.07 Å². The molecule has 1 aliphatic carbocycles. The van der Waals surface area contributed by atoms with Gasteiger partial charge in [-0.1, -0.05) is 11.6 Å². The van der Waals surface area contributed by atoms with Crippen molar-refractivity contribution in [3.05, 3.63) is 29.0 Å². The zero-order valence-electron chi connectivity index (χ0n) is 21.4. The van der Waals surface area contributed by atoms with Crippen molar-refractivity contribution in [1.82, 2.24) is 24.5 Å². The Morgan fingerprint density at radius 1 is 1.23 bits per heavy atom. The Kier molecular flexibility index (Phi) is 6.76. The van der Waals surface area contributed by atoms with Crippen molar-refractivity contribution in [3.63, 3.8) is 0 Å². The Bertz CT molecular complexity index is 1440. The minimum absolute atomic E-state index is 0.197. The number of nitrogens with one attached hydrogen (secondary N) is 3. The quantitative estimate of drug-likeness (QED) is 0.325. The summed E-state index contributed by atoms with van der Waals surface area (Å²) in [4.78, 5) is 25.0. The van der Waals surface area contributed by atoms with E-state index < -0.39 is 6.09 Å². The van der Waals surface area contributed by atoms with Crippen LogP contribution in [0.15, 0.2) is 18.3 Å². The summed E-state index contributed by atoms with van der Waals surface area (Å²) < 4.78 is 6.93. The van der Waals surface area contributed by atoms with E-state index in [4.69, 9.17) is 16.3 Å². The molecule has 1 amide bonds. The molecule has 39 heavy (non-hydrogen) atoms. The summed E-state index contributed by atoms with van der Waals surface area (Å²) >= 11 is 6.88. The highest BCUT2D eigenvalue weighted by Crippen LogP contribution is 2.40. The third-order valence-electron chi connectivity index (χ3n) is 7.48. The van der Waals surface area contributed by atoms with Crippen LogP contribution in [0, 0.1) is 11.3 Å². The number of likely N-dealkylation sites (tertiary alicyclic amines) is 1. The Morgan fingerprint density at radius 2 is 2.00 bits per heavy atom. The molecule has 14 heteroatoms. The minimum Gasteiger partial charge on any atom is -0.465 e. The summed E-state index contributed by atoms with van der Waals surface area (Å²) in [5.74, 6) is 0.707. The van der Waals surface area contributed by atoms with Gasteiger partial charge in [0.15, 0.2) is 17.2 Å². The lowest BCUT2D eigenvalue weighted by atomic mass is 10.00. The number of hydrogen-bond acceptors (Lipinski definition) is 10. The molecular formula is C25H29ClN10O3. The number of ether oxygens (including phenoxy) is 1. The van der Waals surface area contributed by atoms with Gasteiger partial charge in [-0.25, -0.2) is 9.78 Å². The lowest BCUT2D eigenvalue weighted by Crippen LogP contribution is -2.61. The first-order valence-corrected chi connectivity index (χ1v) is 13.3. The summed E-state index contributed by atoms with van der Waals surface area (Å²) in [7, 11) is 1.77. The fraction of sp³-hybridized carbons (Fsp3) is 0.480. The van der Waals surface area contributed by atoms with Crippen molar-refractivity contribution >= 4 is 52.2 Å². The number of imidazole rings is 1. The average molecular weight is 553 g/mol. The largest absolute Gasteiger partial charge is 0.465 e. The van der Waals surface area contributed by atoms with E-state index in [0.717, 1.165) is 51.9 Å². The number of anilines is 5. The number of benzene rings is 1. The summed E-state index contributed by atoms with van der Waals surface area (Å²) in [6, 6.07) is 6.14. The van der Waals surface area contributed by atoms with Gasteiger partial charge in [0.2, 0.25) is 5.95 Å². The summed E-state index contributed by atoms with van der Waals surface area (Å²) in [5.41, 5.74) is 2.25. The van der Waals surface area contributed by atoms with E-state index in [-0.39, 0.29) is 11.6 Å². The minimum atomic E-state index is -1.18. The van der Waals surface area contributed by atoms with Crippen LogP contribution in [0.3, 0.4) is 0 Å². The molecule has 13 nitrogen and oxygen atoms in total. The first-order chi connectivity index (χ1) is 18.9. The average Bonchev–Trinajstić information content (AvgIpc) is 3.61. The summed E-state index contributed by atoms with van der Waals surface area (Å²) in [6.45, 7) is 3.56. The number of halogens is 1. The maximum Gasteiger partial charge on any atom is 0.409 e. The van der Waals surface area contributed by atoms with Gasteiger partial charge in [-0.2, -0.15) is 14.8 Å². The summed E-state index contributed by atoms with van der Waals surface area (Å²) in [5, 5.41) is 32.7. The molecule has 0 atom stereocenters. The number of carboxylic acid groups (broad SMARTS) is 1. The smallest absolute Gasteiger partial charge is 0.409 e.